The number of halogens is 1. The van der Waals surface area contributed by atoms with E-state index >= 15 is 0 Å². The number of thiazole rings is 1. The molecule has 0 unspecified atom stereocenters. The van der Waals surface area contributed by atoms with Gasteiger partial charge in [-0.15, -0.1) is 11.3 Å². The standard InChI is InChI=1S/C11H8BrN3S/c1-7-6-16-11(14-7)15-10-4-9(12)3-2-8(10)5-13-15/h2-6H,1H3. The average Bonchev–Trinajstić information content (AvgIpc) is 2.83. The molecule has 0 saturated heterocycles. The van der Waals surface area contributed by atoms with E-state index < -0.39 is 0 Å². The molecular weight excluding hydrogens is 286 g/mol. The third kappa shape index (κ3) is 1.56. The molecule has 5 heteroatoms. The van der Waals surface area contributed by atoms with Crippen molar-refractivity contribution in [2.45, 2.75) is 6.92 Å². The molecule has 0 fully saturated rings. The molecule has 2 heterocycles. The van der Waals surface area contributed by atoms with E-state index in [0.29, 0.717) is 0 Å². The van der Waals surface area contributed by atoms with Crippen LogP contribution in [0, 0.1) is 6.92 Å². The number of benzene rings is 1. The Bertz CT molecular complexity index is 656. The zero-order chi connectivity index (χ0) is 11.1. The zero-order valence-corrected chi connectivity index (χ0v) is 10.9. The first-order valence-corrected chi connectivity index (χ1v) is 6.47. The minimum Gasteiger partial charge on any atom is -0.224 e. The summed E-state index contributed by atoms with van der Waals surface area (Å²) in [7, 11) is 0. The number of rotatable bonds is 1. The summed E-state index contributed by atoms with van der Waals surface area (Å²) in [6.45, 7) is 1.99. The van der Waals surface area contributed by atoms with E-state index in [1.807, 2.05) is 35.3 Å². The molecule has 0 N–H and O–H groups in total. The molecule has 0 amide bonds. The van der Waals surface area contributed by atoms with Crippen LogP contribution < -0.4 is 0 Å². The number of hydrogen-bond donors (Lipinski definition) is 0. The summed E-state index contributed by atoms with van der Waals surface area (Å²) in [5.41, 5.74) is 2.10. The van der Waals surface area contributed by atoms with Gasteiger partial charge < -0.3 is 0 Å². The van der Waals surface area contributed by atoms with Gasteiger partial charge in [0.2, 0.25) is 5.13 Å². The van der Waals surface area contributed by atoms with Crippen molar-refractivity contribution in [1.29, 1.82) is 0 Å². The van der Waals surface area contributed by atoms with Gasteiger partial charge in [-0.3, -0.25) is 0 Å². The van der Waals surface area contributed by atoms with E-state index in [4.69, 9.17) is 0 Å². The van der Waals surface area contributed by atoms with Crippen LogP contribution in [-0.4, -0.2) is 14.8 Å². The molecule has 0 atom stereocenters. The van der Waals surface area contributed by atoms with E-state index in [0.717, 1.165) is 26.2 Å². The van der Waals surface area contributed by atoms with Crippen molar-refractivity contribution in [1.82, 2.24) is 14.8 Å². The largest absolute Gasteiger partial charge is 0.224 e. The van der Waals surface area contributed by atoms with E-state index in [-0.39, 0.29) is 0 Å². The van der Waals surface area contributed by atoms with E-state index in [1.165, 1.54) is 0 Å². The van der Waals surface area contributed by atoms with Gasteiger partial charge in [-0.05, 0) is 19.1 Å². The Balaban J connectivity index is 2.27. The molecule has 80 valence electrons. The molecule has 2 aromatic heterocycles. The van der Waals surface area contributed by atoms with Gasteiger partial charge in [0, 0.05) is 15.2 Å². The summed E-state index contributed by atoms with van der Waals surface area (Å²) in [5.74, 6) is 0. The van der Waals surface area contributed by atoms with Crippen LogP contribution in [0.2, 0.25) is 0 Å². The molecule has 0 saturated carbocycles. The normalized spacial score (nSPS) is 11.1. The van der Waals surface area contributed by atoms with Crippen molar-refractivity contribution in [2.24, 2.45) is 0 Å². The average molecular weight is 294 g/mol. The van der Waals surface area contributed by atoms with E-state index in [2.05, 4.69) is 32.1 Å². The fourth-order valence-corrected chi connectivity index (χ4v) is 2.70. The Morgan fingerprint density at radius 3 is 3.00 bits per heavy atom. The highest BCUT2D eigenvalue weighted by Crippen LogP contribution is 2.23. The highest BCUT2D eigenvalue weighted by Gasteiger charge is 2.07. The number of aromatic nitrogens is 3. The minimum atomic E-state index is 0.908. The monoisotopic (exact) mass is 293 g/mol. The first kappa shape index (κ1) is 9.99. The number of fused-ring (bicyclic) bond motifs is 1. The first-order chi connectivity index (χ1) is 7.74. The molecule has 0 aliphatic heterocycles. The molecule has 16 heavy (non-hydrogen) atoms. The Labute approximate surface area is 105 Å². The van der Waals surface area contributed by atoms with Crippen molar-refractivity contribution < 1.29 is 0 Å². The Morgan fingerprint density at radius 1 is 1.38 bits per heavy atom. The lowest BCUT2D eigenvalue weighted by Gasteiger charge is -1.98. The molecule has 0 aliphatic carbocycles. The van der Waals surface area contributed by atoms with Gasteiger partial charge in [-0.1, -0.05) is 22.0 Å². The highest BCUT2D eigenvalue weighted by atomic mass is 79.9. The maximum absolute atomic E-state index is 4.44. The molecule has 3 aromatic rings. The summed E-state index contributed by atoms with van der Waals surface area (Å²) >= 11 is 5.07. The minimum absolute atomic E-state index is 0.908. The van der Waals surface area contributed by atoms with E-state index in [1.54, 1.807) is 11.3 Å². The SMILES string of the molecule is Cc1csc(-n2ncc3ccc(Br)cc32)n1. The summed E-state index contributed by atoms with van der Waals surface area (Å²) in [6.07, 6.45) is 1.86. The lowest BCUT2D eigenvalue weighted by molar-refractivity contribution is 0.893. The molecule has 3 nitrogen and oxygen atoms in total. The number of nitrogens with zero attached hydrogens (tertiary/aromatic N) is 3. The first-order valence-electron chi connectivity index (χ1n) is 4.80. The molecule has 0 spiro atoms. The summed E-state index contributed by atoms with van der Waals surface area (Å²) < 4.78 is 2.92. The van der Waals surface area contributed by atoms with Crippen molar-refractivity contribution >= 4 is 38.2 Å². The highest BCUT2D eigenvalue weighted by molar-refractivity contribution is 9.10. The predicted octanol–water partition coefficient (Wildman–Crippen LogP) is 3.55. The van der Waals surface area contributed by atoms with Crippen LogP contribution in [0.5, 0.6) is 0 Å². The second-order valence-corrected chi connectivity index (χ2v) is 5.28. The van der Waals surface area contributed by atoms with Gasteiger partial charge >= 0.3 is 0 Å². The Morgan fingerprint density at radius 2 is 2.25 bits per heavy atom. The van der Waals surface area contributed by atoms with Gasteiger partial charge in [0.25, 0.3) is 0 Å². The number of hydrogen-bond acceptors (Lipinski definition) is 3. The smallest absolute Gasteiger partial charge is 0.211 e. The summed E-state index contributed by atoms with van der Waals surface area (Å²) in [5, 5.41) is 8.42. The predicted molar refractivity (Wildman–Crippen MR) is 69.2 cm³/mol. The fraction of sp³-hybridized carbons (Fsp3) is 0.0909. The fourth-order valence-electron chi connectivity index (χ4n) is 1.58. The molecule has 0 radical (unpaired) electrons. The zero-order valence-electron chi connectivity index (χ0n) is 8.51. The molecule has 1 aromatic carbocycles. The molecule has 0 aliphatic rings. The second-order valence-electron chi connectivity index (χ2n) is 3.53. The van der Waals surface area contributed by atoms with Crippen LogP contribution in [0.15, 0.2) is 34.2 Å². The number of aryl methyl sites for hydroxylation is 1. The quantitative estimate of drug-likeness (QED) is 0.687. The van der Waals surface area contributed by atoms with Crippen LogP contribution in [0.25, 0.3) is 16.0 Å². The third-order valence-electron chi connectivity index (χ3n) is 2.32. The molecule has 3 rings (SSSR count). The summed E-state index contributed by atoms with van der Waals surface area (Å²) in [4.78, 5) is 4.44. The van der Waals surface area contributed by atoms with Gasteiger partial charge in [0.1, 0.15) is 0 Å². The Hall–Kier alpha value is -1.20. The lowest BCUT2D eigenvalue weighted by Crippen LogP contribution is -1.94. The van der Waals surface area contributed by atoms with Crippen LogP contribution in [0.1, 0.15) is 5.69 Å². The molecular formula is C11H8BrN3S. The van der Waals surface area contributed by atoms with Crippen LogP contribution in [-0.2, 0) is 0 Å². The van der Waals surface area contributed by atoms with Crippen molar-refractivity contribution in [3.05, 3.63) is 39.9 Å². The third-order valence-corrected chi connectivity index (χ3v) is 3.75. The maximum Gasteiger partial charge on any atom is 0.211 e. The molecule has 0 bridgehead atoms. The Kier molecular flexibility index (Phi) is 2.29. The van der Waals surface area contributed by atoms with Crippen LogP contribution >= 0.6 is 27.3 Å². The van der Waals surface area contributed by atoms with Gasteiger partial charge in [-0.25, -0.2) is 9.67 Å². The van der Waals surface area contributed by atoms with Crippen molar-refractivity contribution in [2.75, 3.05) is 0 Å². The van der Waals surface area contributed by atoms with Crippen LogP contribution in [0.4, 0.5) is 0 Å². The van der Waals surface area contributed by atoms with Crippen molar-refractivity contribution in [3.63, 3.8) is 0 Å². The van der Waals surface area contributed by atoms with Gasteiger partial charge in [-0.2, -0.15) is 5.10 Å². The van der Waals surface area contributed by atoms with Gasteiger partial charge in [0.15, 0.2) is 0 Å². The maximum atomic E-state index is 4.44. The van der Waals surface area contributed by atoms with E-state index in [9.17, 15) is 0 Å². The topological polar surface area (TPSA) is 30.7 Å². The van der Waals surface area contributed by atoms with Crippen LogP contribution in [0.3, 0.4) is 0 Å². The van der Waals surface area contributed by atoms with Gasteiger partial charge in [0.05, 0.1) is 17.4 Å². The summed E-state index contributed by atoms with van der Waals surface area (Å²) in [6, 6.07) is 6.11. The lowest BCUT2D eigenvalue weighted by atomic mass is 10.3. The van der Waals surface area contributed by atoms with Crippen molar-refractivity contribution in [3.8, 4) is 5.13 Å². The second kappa shape index (κ2) is 3.68.